The summed E-state index contributed by atoms with van der Waals surface area (Å²) in [5, 5.41) is 13.5. The lowest BCUT2D eigenvalue weighted by Gasteiger charge is -2.38. The van der Waals surface area contributed by atoms with Crippen LogP contribution >= 0.6 is 0 Å². The Morgan fingerprint density at radius 3 is 2.51 bits per heavy atom. The Kier molecular flexibility index (Phi) is 5.90. The molecule has 3 atom stereocenters. The van der Waals surface area contributed by atoms with Crippen LogP contribution in [0.1, 0.15) is 28.4 Å². The van der Waals surface area contributed by atoms with Crippen molar-refractivity contribution in [3.8, 4) is 11.1 Å². The van der Waals surface area contributed by atoms with E-state index in [1.165, 1.54) is 21.7 Å². The molecule has 2 aliphatic rings. The van der Waals surface area contributed by atoms with E-state index in [0.717, 1.165) is 22.4 Å². The first-order valence-electron chi connectivity index (χ1n) is 11.5. The normalized spacial score (nSPS) is 21.8. The molecule has 1 amide bonds. The second-order valence-electron chi connectivity index (χ2n) is 9.40. The number of anilines is 1. The van der Waals surface area contributed by atoms with E-state index < -0.39 is 16.1 Å². The topological polar surface area (TPSA) is 108 Å². The maximum Gasteiger partial charge on any atom is 0.262 e. The average molecular weight is 496 g/mol. The molecule has 0 aliphatic carbocycles. The minimum absolute atomic E-state index is 0.0265. The molecular weight excluding hydrogens is 466 g/mol. The number of aryl methyl sites for hydroxylation is 1. The number of rotatable bonds is 5. The van der Waals surface area contributed by atoms with Crippen molar-refractivity contribution < 1.29 is 18.3 Å². The number of hydrogen-bond acceptors (Lipinski definition) is 6. The number of fused-ring (bicyclic) bond motifs is 3. The highest BCUT2D eigenvalue weighted by atomic mass is 32.2. The van der Waals surface area contributed by atoms with Gasteiger partial charge in [-0.05, 0) is 47.4 Å². The Morgan fingerprint density at radius 2 is 1.89 bits per heavy atom. The minimum atomic E-state index is -3.81. The third kappa shape index (κ3) is 4.01. The molecule has 2 aliphatic heterocycles. The molecule has 35 heavy (non-hydrogen) atoms. The molecule has 1 aromatic heterocycles. The number of amides is 1. The predicted octanol–water partition coefficient (Wildman–Crippen LogP) is 2.33. The van der Waals surface area contributed by atoms with E-state index in [4.69, 9.17) is 0 Å². The van der Waals surface area contributed by atoms with E-state index in [9.17, 15) is 18.3 Å². The van der Waals surface area contributed by atoms with Crippen molar-refractivity contribution in [2.75, 3.05) is 32.6 Å². The monoisotopic (exact) mass is 495 g/mol. The second-order valence-corrected chi connectivity index (χ2v) is 11.2. The molecule has 5 rings (SSSR count). The fraction of sp³-hybridized carbons (Fsp3) is 0.360. The summed E-state index contributed by atoms with van der Waals surface area (Å²) in [7, 11) is 1.36. The molecule has 2 aromatic carbocycles. The van der Waals surface area contributed by atoms with Crippen molar-refractivity contribution in [2.45, 2.75) is 23.5 Å². The zero-order chi connectivity index (χ0) is 24.9. The highest BCUT2D eigenvalue weighted by Gasteiger charge is 2.49. The average Bonchev–Trinajstić information content (AvgIpc) is 3.50. The van der Waals surface area contributed by atoms with Crippen molar-refractivity contribution >= 4 is 21.6 Å². The van der Waals surface area contributed by atoms with E-state index in [1.54, 1.807) is 37.8 Å². The Balaban J connectivity index is 1.55. The van der Waals surface area contributed by atoms with Gasteiger partial charge in [0, 0.05) is 51.1 Å². The van der Waals surface area contributed by atoms with Gasteiger partial charge in [0.1, 0.15) is 0 Å². The summed E-state index contributed by atoms with van der Waals surface area (Å²) in [6, 6.07) is 12.7. The molecule has 0 unspecified atom stereocenters. The van der Waals surface area contributed by atoms with E-state index >= 15 is 0 Å². The number of aromatic nitrogens is 2. The number of sulfonamides is 1. The van der Waals surface area contributed by atoms with Crippen LogP contribution in [-0.2, 0) is 17.1 Å². The molecule has 1 saturated heterocycles. The number of aliphatic hydroxyl groups is 1. The zero-order valence-corrected chi connectivity index (χ0v) is 20.7. The summed E-state index contributed by atoms with van der Waals surface area (Å²) >= 11 is 0. The first kappa shape index (κ1) is 23.5. The predicted molar refractivity (Wildman–Crippen MR) is 132 cm³/mol. The number of carbonyl (C=O) groups is 1. The summed E-state index contributed by atoms with van der Waals surface area (Å²) in [4.78, 5) is 17.9. The largest absolute Gasteiger partial charge is 0.394 e. The molecule has 9 nitrogen and oxygen atoms in total. The first-order valence-corrected chi connectivity index (χ1v) is 13.0. The van der Waals surface area contributed by atoms with Crippen LogP contribution in [-0.4, -0.2) is 71.5 Å². The number of nitrogens with one attached hydrogen (secondary N) is 1. The van der Waals surface area contributed by atoms with Crippen molar-refractivity contribution in [3.63, 3.8) is 0 Å². The maximum atomic E-state index is 13.5. The molecule has 0 spiro atoms. The van der Waals surface area contributed by atoms with Gasteiger partial charge in [-0.3, -0.25) is 4.79 Å². The van der Waals surface area contributed by atoms with Crippen LogP contribution in [0.4, 0.5) is 5.69 Å². The van der Waals surface area contributed by atoms with Crippen molar-refractivity contribution in [3.05, 3.63) is 66.1 Å². The molecule has 184 valence electrons. The molecule has 0 saturated carbocycles. The van der Waals surface area contributed by atoms with Gasteiger partial charge in [-0.15, -0.1) is 0 Å². The lowest BCUT2D eigenvalue weighted by molar-refractivity contribution is 0.0827. The third-order valence-corrected chi connectivity index (χ3v) is 8.72. The lowest BCUT2D eigenvalue weighted by atomic mass is 9.82. The molecular formula is C25H29N5O4S. The number of carbonyl (C=O) groups excluding carboxylic acids is 1. The summed E-state index contributed by atoms with van der Waals surface area (Å²) in [5.74, 6) is -0.133. The fourth-order valence-electron chi connectivity index (χ4n) is 5.18. The maximum absolute atomic E-state index is 13.5. The van der Waals surface area contributed by atoms with Gasteiger partial charge in [0.15, 0.2) is 5.03 Å². The summed E-state index contributed by atoms with van der Waals surface area (Å²) in [6.07, 6.45) is 3.64. The molecule has 3 aromatic rings. The number of benzene rings is 2. The highest BCUT2D eigenvalue weighted by molar-refractivity contribution is 7.89. The van der Waals surface area contributed by atoms with E-state index in [-0.39, 0.29) is 29.5 Å². The van der Waals surface area contributed by atoms with E-state index in [2.05, 4.69) is 10.3 Å². The van der Waals surface area contributed by atoms with Crippen molar-refractivity contribution in [2.24, 2.45) is 13.0 Å². The van der Waals surface area contributed by atoms with Crippen LogP contribution in [0.15, 0.2) is 60.0 Å². The smallest absolute Gasteiger partial charge is 0.262 e. The molecule has 0 bridgehead atoms. The zero-order valence-electron chi connectivity index (χ0n) is 19.9. The van der Waals surface area contributed by atoms with Crippen molar-refractivity contribution in [1.82, 2.24) is 18.8 Å². The third-order valence-electron chi connectivity index (χ3n) is 6.95. The van der Waals surface area contributed by atoms with Gasteiger partial charge < -0.3 is 19.9 Å². The second kappa shape index (κ2) is 8.78. The SMILES string of the molecule is CN(C)C(=O)c1ccc(-c2ccc3c(c2)[C@H]2[C@H](CCN2S(=O)(=O)c2cn(C)cn2)[C@H](CO)N3)cc1. The number of hydrogen-bond donors (Lipinski definition) is 2. The highest BCUT2D eigenvalue weighted by Crippen LogP contribution is 2.49. The first-order chi connectivity index (χ1) is 16.7. The number of nitrogens with zero attached hydrogens (tertiary/aromatic N) is 4. The van der Waals surface area contributed by atoms with Gasteiger partial charge in [0.2, 0.25) is 0 Å². The standard InChI is InChI=1S/C25H29N5O4S/c1-28(2)25(32)17-6-4-16(5-7-17)18-8-9-21-20(12-18)24-19(22(14-31)27-21)10-11-30(24)35(33,34)23-13-29(3)15-26-23/h4-9,12-13,15,19,22,24,27,31H,10-11,14H2,1-3H3/t19-,22+,24-/m1/s1. The van der Waals surface area contributed by atoms with Crippen LogP contribution in [0.5, 0.6) is 0 Å². The summed E-state index contributed by atoms with van der Waals surface area (Å²) < 4.78 is 30.3. The van der Waals surface area contributed by atoms with Crippen LogP contribution < -0.4 is 5.32 Å². The molecule has 2 N–H and O–H groups in total. The van der Waals surface area contributed by atoms with E-state index in [1.807, 2.05) is 30.3 Å². The Bertz CT molecular complexity index is 1370. The van der Waals surface area contributed by atoms with Gasteiger partial charge in [0.05, 0.1) is 25.0 Å². The lowest BCUT2D eigenvalue weighted by Crippen LogP contribution is -2.42. The van der Waals surface area contributed by atoms with Gasteiger partial charge in [-0.25, -0.2) is 13.4 Å². The quantitative estimate of drug-likeness (QED) is 0.563. The molecule has 1 fully saturated rings. The minimum Gasteiger partial charge on any atom is -0.394 e. The Morgan fingerprint density at radius 1 is 1.17 bits per heavy atom. The van der Waals surface area contributed by atoms with Gasteiger partial charge >= 0.3 is 0 Å². The van der Waals surface area contributed by atoms with Crippen LogP contribution in [0.2, 0.25) is 0 Å². The summed E-state index contributed by atoms with van der Waals surface area (Å²) in [5.41, 5.74) is 4.16. The van der Waals surface area contributed by atoms with Crippen LogP contribution in [0, 0.1) is 5.92 Å². The van der Waals surface area contributed by atoms with Crippen LogP contribution in [0.25, 0.3) is 11.1 Å². The Labute approximate surface area is 205 Å². The number of imidazole rings is 1. The van der Waals surface area contributed by atoms with Gasteiger partial charge in [-0.2, -0.15) is 4.31 Å². The van der Waals surface area contributed by atoms with Crippen LogP contribution in [0.3, 0.4) is 0 Å². The molecule has 0 radical (unpaired) electrons. The van der Waals surface area contributed by atoms with Crippen molar-refractivity contribution in [1.29, 1.82) is 0 Å². The molecule has 3 heterocycles. The fourth-order valence-corrected chi connectivity index (χ4v) is 6.81. The Hall–Kier alpha value is -3.21. The summed E-state index contributed by atoms with van der Waals surface area (Å²) in [6.45, 7) is 0.276. The molecule has 10 heteroatoms. The number of aliphatic hydroxyl groups excluding tert-OH is 1. The van der Waals surface area contributed by atoms with E-state index in [0.29, 0.717) is 18.5 Å². The van der Waals surface area contributed by atoms with Gasteiger partial charge in [-0.1, -0.05) is 18.2 Å². The van der Waals surface area contributed by atoms with Gasteiger partial charge in [0.25, 0.3) is 15.9 Å².